The van der Waals surface area contributed by atoms with E-state index in [1.165, 1.54) is 11.1 Å². The first-order valence-corrected chi connectivity index (χ1v) is 9.76. The van der Waals surface area contributed by atoms with Crippen molar-refractivity contribution in [2.45, 2.75) is 13.1 Å². The Bertz CT molecular complexity index is 773. The third kappa shape index (κ3) is 4.69. The van der Waals surface area contributed by atoms with Gasteiger partial charge in [0.1, 0.15) is 50.8 Å². The molecule has 2 N–H and O–H groups in total. The fourth-order valence-corrected chi connectivity index (χ4v) is 3.94. The first kappa shape index (κ1) is 20.3. The highest BCUT2D eigenvalue weighted by atomic mass is 16.5. The van der Waals surface area contributed by atoms with E-state index in [9.17, 15) is 0 Å². The number of rotatable bonds is 8. The average Bonchev–Trinajstić information content (AvgIpc) is 2.75. The molecule has 1 aliphatic heterocycles. The lowest BCUT2D eigenvalue weighted by Crippen LogP contribution is -3.27. The molecule has 1 aliphatic rings. The van der Waals surface area contributed by atoms with Crippen molar-refractivity contribution in [1.29, 1.82) is 0 Å². The van der Waals surface area contributed by atoms with Crippen LogP contribution in [0.4, 0.5) is 0 Å². The summed E-state index contributed by atoms with van der Waals surface area (Å²) in [6.07, 6.45) is 0. The van der Waals surface area contributed by atoms with Gasteiger partial charge in [-0.2, -0.15) is 0 Å². The predicted octanol–water partition coefficient (Wildman–Crippen LogP) is 0.205. The van der Waals surface area contributed by atoms with Crippen molar-refractivity contribution in [3.8, 4) is 23.0 Å². The van der Waals surface area contributed by atoms with Gasteiger partial charge in [0.05, 0.1) is 34.0 Å². The Morgan fingerprint density at radius 1 is 0.679 bits per heavy atom. The number of ether oxygens (including phenoxy) is 4. The molecular weight excluding hydrogens is 356 g/mol. The second-order valence-corrected chi connectivity index (χ2v) is 7.18. The second-order valence-electron chi connectivity index (χ2n) is 7.18. The van der Waals surface area contributed by atoms with E-state index in [0.717, 1.165) is 62.3 Å². The summed E-state index contributed by atoms with van der Waals surface area (Å²) in [6, 6.07) is 12.2. The number of hydrogen-bond acceptors (Lipinski definition) is 4. The van der Waals surface area contributed by atoms with Crippen LogP contribution in [0.2, 0.25) is 0 Å². The smallest absolute Gasteiger partial charge is 0.169 e. The van der Waals surface area contributed by atoms with Crippen molar-refractivity contribution in [2.24, 2.45) is 0 Å². The highest BCUT2D eigenvalue weighted by Crippen LogP contribution is 2.30. The predicted molar refractivity (Wildman–Crippen MR) is 108 cm³/mol. The van der Waals surface area contributed by atoms with Gasteiger partial charge >= 0.3 is 0 Å². The minimum absolute atomic E-state index is 0.801. The van der Waals surface area contributed by atoms with Gasteiger partial charge in [-0.05, 0) is 24.3 Å². The van der Waals surface area contributed by atoms with Gasteiger partial charge in [0, 0.05) is 11.6 Å². The summed E-state index contributed by atoms with van der Waals surface area (Å²) in [4.78, 5) is 3.17. The zero-order chi connectivity index (χ0) is 19.9. The van der Waals surface area contributed by atoms with Crippen LogP contribution in [0.5, 0.6) is 23.0 Å². The van der Waals surface area contributed by atoms with Gasteiger partial charge in [0.2, 0.25) is 0 Å². The SMILES string of the molecule is COc1ccc(C[NH+]2CC[NH+](Cc3cccc(OC)c3OC)CC2)c(OC)c1. The maximum atomic E-state index is 5.59. The van der Waals surface area contributed by atoms with Gasteiger partial charge < -0.3 is 28.7 Å². The summed E-state index contributed by atoms with van der Waals surface area (Å²) in [5.74, 6) is 3.39. The first-order valence-electron chi connectivity index (χ1n) is 9.76. The molecule has 2 aromatic carbocycles. The lowest BCUT2D eigenvalue weighted by molar-refractivity contribution is -1.02. The Balaban J connectivity index is 1.58. The Kier molecular flexibility index (Phi) is 7.01. The number of benzene rings is 2. The van der Waals surface area contributed by atoms with E-state index in [0.29, 0.717) is 0 Å². The molecule has 6 heteroatoms. The molecule has 0 spiro atoms. The van der Waals surface area contributed by atoms with Crippen LogP contribution in [0.1, 0.15) is 11.1 Å². The van der Waals surface area contributed by atoms with E-state index in [1.807, 2.05) is 24.3 Å². The van der Waals surface area contributed by atoms with Crippen LogP contribution in [0.15, 0.2) is 36.4 Å². The molecule has 0 saturated carbocycles. The molecular formula is C22H32N2O4+2. The maximum absolute atomic E-state index is 5.59. The summed E-state index contributed by atoms with van der Waals surface area (Å²) in [5.41, 5.74) is 2.44. The summed E-state index contributed by atoms with van der Waals surface area (Å²) >= 11 is 0. The molecule has 0 radical (unpaired) electrons. The second kappa shape index (κ2) is 9.66. The third-order valence-corrected chi connectivity index (χ3v) is 5.52. The van der Waals surface area contributed by atoms with E-state index >= 15 is 0 Å². The minimum atomic E-state index is 0.801. The number of nitrogens with one attached hydrogen (secondary N) is 2. The molecule has 3 rings (SSSR count). The van der Waals surface area contributed by atoms with Crippen LogP contribution in [-0.2, 0) is 13.1 Å². The number of piperazine rings is 1. The molecule has 1 heterocycles. The number of methoxy groups -OCH3 is 4. The number of hydrogen-bond donors (Lipinski definition) is 2. The van der Waals surface area contributed by atoms with Gasteiger partial charge in [-0.3, -0.25) is 0 Å². The van der Waals surface area contributed by atoms with Crippen LogP contribution in [-0.4, -0.2) is 54.6 Å². The van der Waals surface area contributed by atoms with E-state index in [-0.39, 0.29) is 0 Å². The molecule has 6 nitrogen and oxygen atoms in total. The molecule has 0 atom stereocenters. The molecule has 2 aromatic rings. The molecule has 0 aliphatic carbocycles. The molecule has 1 fully saturated rings. The molecule has 0 amide bonds. The van der Waals surface area contributed by atoms with Crippen molar-refractivity contribution in [3.63, 3.8) is 0 Å². The van der Waals surface area contributed by atoms with Gasteiger partial charge in [-0.25, -0.2) is 0 Å². The summed E-state index contributed by atoms with van der Waals surface area (Å²) in [5, 5.41) is 0. The molecule has 0 unspecified atom stereocenters. The molecule has 1 saturated heterocycles. The lowest BCUT2D eigenvalue weighted by atomic mass is 10.1. The quantitative estimate of drug-likeness (QED) is 0.679. The first-order chi connectivity index (χ1) is 13.7. The third-order valence-electron chi connectivity index (χ3n) is 5.52. The van der Waals surface area contributed by atoms with Crippen molar-refractivity contribution < 1.29 is 28.7 Å². The van der Waals surface area contributed by atoms with E-state index < -0.39 is 0 Å². The highest BCUT2D eigenvalue weighted by Gasteiger charge is 2.25. The summed E-state index contributed by atoms with van der Waals surface area (Å²) in [7, 11) is 6.79. The Labute approximate surface area is 167 Å². The van der Waals surface area contributed by atoms with Crippen molar-refractivity contribution in [1.82, 2.24) is 0 Å². The molecule has 152 valence electrons. The molecule has 28 heavy (non-hydrogen) atoms. The maximum Gasteiger partial charge on any atom is 0.169 e. The monoisotopic (exact) mass is 388 g/mol. The van der Waals surface area contributed by atoms with Crippen LogP contribution in [0.25, 0.3) is 0 Å². The van der Waals surface area contributed by atoms with Gasteiger partial charge in [0.15, 0.2) is 11.5 Å². The van der Waals surface area contributed by atoms with Crippen LogP contribution in [0.3, 0.4) is 0 Å². The van der Waals surface area contributed by atoms with E-state index in [4.69, 9.17) is 18.9 Å². The lowest BCUT2D eigenvalue weighted by Gasteiger charge is -2.30. The fraction of sp³-hybridized carbons (Fsp3) is 0.455. The molecule has 0 aromatic heterocycles. The largest absolute Gasteiger partial charge is 0.497 e. The number of para-hydroxylation sites is 1. The Morgan fingerprint density at radius 3 is 1.89 bits per heavy atom. The van der Waals surface area contributed by atoms with E-state index in [1.54, 1.807) is 38.2 Å². The summed E-state index contributed by atoms with van der Waals surface area (Å²) in [6.45, 7) is 6.47. The normalized spacial score (nSPS) is 19.1. The van der Waals surface area contributed by atoms with E-state index in [2.05, 4.69) is 12.1 Å². The Morgan fingerprint density at radius 2 is 1.32 bits per heavy atom. The van der Waals surface area contributed by atoms with Crippen molar-refractivity contribution in [3.05, 3.63) is 47.5 Å². The van der Waals surface area contributed by atoms with Gasteiger partial charge in [-0.15, -0.1) is 0 Å². The van der Waals surface area contributed by atoms with Gasteiger partial charge in [-0.1, -0.05) is 6.07 Å². The number of quaternary nitrogens is 2. The van der Waals surface area contributed by atoms with Crippen LogP contribution in [0, 0.1) is 0 Å². The van der Waals surface area contributed by atoms with Gasteiger partial charge in [0.25, 0.3) is 0 Å². The average molecular weight is 389 g/mol. The topological polar surface area (TPSA) is 45.8 Å². The van der Waals surface area contributed by atoms with Crippen LogP contribution < -0.4 is 28.7 Å². The zero-order valence-electron chi connectivity index (χ0n) is 17.3. The standard InChI is InChI=1S/C22H30N2O4/c1-25-19-9-8-17(21(14-19)27-3)15-23-10-12-24(13-11-23)16-18-6-5-7-20(26-2)22(18)28-4/h5-9,14H,10-13,15-16H2,1-4H3/p+2. The Hall–Kier alpha value is -2.44. The van der Waals surface area contributed by atoms with Crippen molar-refractivity contribution in [2.75, 3.05) is 54.6 Å². The van der Waals surface area contributed by atoms with Crippen molar-refractivity contribution >= 4 is 0 Å². The zero-order valence-corrected chi connectivity index (χ0v) is 17.3. The summed E-state index contributed by atoms with van der Waals surface area (Å²) < 4.78 is 21.9. The van der Waals surface area contributed by atoms with Crippen LogP contribution >= 0.6 is 0 Å². The molecule has 0 bridgehead atoms. The minimum Gasteiger partial charge on any atom is -0.497 e. The highest BCUT2D eigenvalue weighted by molar-refractivity contribution is 5.46. The fourth-order valence-electron chi connectivity index (χ4n) is 3.94.